The van der Waals surface area contributed by atoms with Crippen molar-refractivity contribution in [1.29, 1.82) is 0 Å². The number of guanidine groups is 1. The molecular weight excluding hydrogens is 376 g/mol. The number of hydrogen-bond donors (Lipinski definition) is 2. The number of ether oxygens (including phenoxy) is 1. The molecule has 0 saturated carbocycles. The maximum absolute atomic E-state index is 13.9. The molecule has 0 spiro atoms. The van der Waals surface area contributed by atoms with E-state index in [0.717, 1.165) is 38.3 Å². The Hall–Kier alpha value is -2.90. The van der Waals surface area contributed by atoms with E-state index in [9.17, 15) is 8.78 Å². The van der Waals surface area contributed by atoms with E-state index < -0.39 is 0 Å². The number of benzene rings is 1. The number of rotatable bonds is 8. The lowest BCUT2D eigenvalue weighted by atomic mass is 10.3. The van der Waals surface area contributed by atoms with Crippen LogP contribution >= 0.6 is 0 Å². The van der Waals surface area contributed by atoms with Gasteiger partial charge in [0, 0.05) is 38.9 Å². The number of hydrogen-bond acceptors (Lipinski definition) is 4. The van der Waals surface area contributed by atoms with Crippen LogP contribution in [0.15, 0.2) is 47.6 Å². The Kier molecular flexibility index (Phi) is 7.61. The first-order chi connectivity index (χ1) is 14.2. The number of halogens is 2. The van der Waals surface area contributed by atoms with Crippen molar-refractivity contribution in [2.45, 2.75) is 25.3 Å². The number of aliphatic imine (C=N–C) groups is 1. The summed E-state index contributed by atoms with van der Waals surface area (Å²) in [6, 6.07) is 9.24. The van der Waals surface area contributed by atoms with Gasteiger partial charge in [0.1, 0.15) is 11.6 Å². The smallest absolute Gasteiger partial charge is 0.191 e. The number of pyridine rings is 1. The monoisotopic (exact) mass is 403 g/mol. The molecule has 0 amide bonds. The largest absolute Gasteiger partial charge is 0.494 e. The molecule has 2 N–H and O–H groups in total. The van der Waals surface area contributed by atoms with Gasteiger partial charge in [0.2, 0.25) is 0 Å². The Labute approximate surface area is 170 Å². The van der Waals surface area contributed by atoms with Crippen molar-refractivity contribution in [2.24, 2.45) is 4.99 Å². The first kappa shape index (κ1) is 20.8. The molecule has 1 fully saturated rings. The van der Waals surface area contributed by atoms with Crippen LogP contribution in [0.2, 0.25) is 0 Å². The molecule has 1 aromatic carbocycles. The Bertz CT molecular complexity index is 800. The van der Waals surface area contributed by atoms with Crippen LogP contribution in [0.4, 0.5) is 14.6 Å². The highest BCUT2D eigenvalue weighted by molar-refractivity contribution is 5.80. The van der Waals surface area contributed by atoms with E-state index in [-0.39, 0.29) is 17.7 Å². The standard InChI is InChI=1S/C21H27F2N5O/c1-24-21(26-11-2-3-14-29-18-8-6-16(22)7-9-18)27-17-10-13-28(15-17)20-19(23)5-4-12-25-20/h4-9,12,17H,2-3,10-11,13-15H2,1H3,(H2,24,26,27). The van der Waals surface area contributed by atoms with Crippen LogP contribution < -0.4 is 20.3 Å². The van der Waals surface area contributed by atoms with Gasteiger partial charge in [-0.2, -0.15) is 0 Å². The fourth-order valence-corrected chi connectivity index (χ4v) is 3.22. The zero-order valence-corrected chi connectivity index (χ0v) is 16.6. The minimum atomic E-state index is -0.293. The van der Waals surface area contributed by atoms with Crippen molar-refractivity contribution in [3.05, 3.63) is 54.2 Å². The molecule has 2 aromatic rings. The molecule has 29 heavy (non-hydrogen) atoms. The van der Waals surface area contributed by atoms with Crippen LogP contribution in [0.1, 0.15) is 19.3 Å². The molecule has 156 valence electrons. The van der Waals surface area contributed by atoms with E-state index in [1.807, 2.05) is 4.90 Å². The SMILES string of the molecule is CN=C(NCCCCOc1ccc(F)cc1)NC1CCN(c2ncccc2F)C1. The van der Waals surface area contributed by atoms with Crippen LogP contribution in [-0.2, 0) is 0 Å². The summed E-state index contributed by atoms with van der Waals surface area (Å²) >= 11 is 0. The Morgan fingerprint density at radius 1 is 1.24 bits per heavy atom. The van der Waals surface area contributed by atoms with Crippen molar-refractivity contribution < 1.29 is 13.5 Å². The first-order valence-corrected chi connectivity index (χ1v) is 9.86. The lowest BCUT2D eigenvalue weighted by Gasteiger charge is -2.20. The lowest BCUT2D eigenvalue weighted by Crippen LogP contribution is -2.45. The lowest BCUT2D eigenvalue weighted by molar-refractivity contribution is 0.306. The van der Waals surface area contributed by atoms with Crippen molar-refractivity contribution in [2.75, 3.05) is 38.2 Å². The third kappa shape index (κ3) is 6.30. The molecule has 1 aliphatic rings. The fourth-order valence-electron chi connectivity index (χ4n) is 3.22. The van der Waals surface area contributed by atoms with Gasteiger partial charge in [-0.1, -0.05) is 0 Å². The van der Waals surface area contributed by atoms with E-state index in [4.69, 9.17) is 4.74 Å². The molecule has 6 nitrogen and oxygen atoms in total. The fraction of sp³-hybridized carbons (Fsp3) is 0.429. The molecule has 1 aliphatic heterocycles. The third-order valence-electron chi connectivity index (χ3n) is 4.74. The van der Waals surface area contributed by atoms with Crippen LogP contribution in [0.3, 0.4) is 0 Å². The van der Waals surface area contributed by atoms with Gasteiger partial charge in [-0.3, -0.25) is 4.99 Å². The molecule has 3 rings (SSSR count). The second-order valence-electron chi connectivity index (χ2n) is 6.89. The topological polar surface area (TPSA) is 61.8 Å². The van der Waals surface area contributed by atoms with Crippen LogP contribution in [-0.4, -0.2) is 50.3 Å². The van der Waals surface area contributed by atoms with Gasteiger partial charge in [-0.25, -0.2) is 13.8 Å². The van der Waals surface area contributed by atoms with Gasteiger partial charge in [0.05, 0.1) is 6.61 Å². The molecule has 2 heterocycles. The minimum absolute atomic E-state index is 0.185. The third-order valence-corrected chi connectivity index (χ3v) is 4.74. The van der Waals surface area contributed by atoms with E-state index in [1.165, 1.54) is 18.2 Å². The van der Waals surface area contributed by atoms with E-state index in [1.54, 1.807) is 31.4 Å². The zero-order valence-electron chi connectivity index (χ0n) is 16.6. The summed E-state index contributed by atoms with van der Waals surface area (Å²) in [4.78, 5) is 10.4. The van der Waals surface area contributed by atoms with Crippen molar-refractivity contribution >= 4 is 11.8 Å². The molecule has 1 saturated heterocycles. The summed E-state index contributed by atoms with van der Waals surface area (Å²) in [5.41, 5.74) is 0. The molecule has 0 radical (unpaired) electrons. The Morgan fingerprint density at radius 2 is 2.07 bits per heavy atom. The number of aromatic nitrogens is 1. The highest BCUT2D eigenvalue weighted by atomic mass is 19.1. The summed E-state index contributed by atoms with van der Waals surface area (Å²) in [6.45, 7) is 2.77. The summed E-state index contributed by atoms with van der Waals surface area (Å²) in [7, 11) is 1.73. The second-order valence-corrected chi connectivity index (χ2v) is 6.89. The average molecular weight is 403 g/mol. The van der Waals surface area contributed by atoms with Gasteiger partial charge in [-0.15, -0.1) is 0 Å². The highest BCUT2D eigenvalue weighted by Gasteiger charge is 2.25. The molecule has 1 aromatic heterocycles. The number of unbranched alkanes of at least 4 members (excludes halogenated alkanes) is 1. The summed E-state index contributed by atoms with van der Waals surface area (Å²) in [5, 5.41) is 6.68. The zero-order chi connectivity index (χ0) is 20.5. The van der Waals surface area contributed by atoms with Crippen LogP contribution in [0.5, 0.6) is 5.75 Å². The maximum atomic E-state index is 13.9. The summed E-state index contributed by atoms with van der Waals surface area (Å²) in [6.07, 6.45) is 4.29. The van der Waals surface area contributed by atoms with Crippen molar-refractivity contribution in [3.63, 3.8) is 0 Å². The maximum Gasteiger partial charge on any atom is 0.191 e. The predicted octanol–water partition coefficient (Wildman–Crippen LogP) is 2.96. The van der Waals surface area contributed by atoms with Crippen LogP contribution in [0, 0.1) is 11.6 Å². The van der Waals surface area contributed by atoms with Crippen molar-refractivity contribution in [1.82, 2.24) is 15.6 Å². The molecule has 8 heteroatoms. The number of nitrogens with one attached hydrogen (secondary N) is 2. The van der Waals surface area contributed by atoms with Crippen molar-refractivity contribution in [3.8, 4) is 5.75 Å². The van der Waals surface area contributed by atoms with Crippen LogP contribution in [0.25, 0.3) is 0 Å². The molecule has 0 aliphatic carbocycles. The van der Waals surface area contributed by atoms with E-state index in [0.29, 0.717) is 24.7 Å². The normalized spacial score (nSPS) is 16.7. The molecular formula is C21H27F2N5O. The first-order valence-electron chi connectivity index (χ1n) is 9.86. The Morgan fingerprint density at radius 3 is 2.83 bits per heavy atom. The summed E-state index contributed by atoms with van der Waals surface area (Å²) < 4.78 is 32.3. The van der Waals surface area contributed by atoms with Gasteiger partial charge < -0.3 is 20.3 Å². The molecule has 1 atom stereocenters. The molecule has 1 unspecified atom stereocenters. The predicted molar refractivity (Wildman–Crippen MR) is 110 cm³/mol. The number of nitrogens with zero attached hydrogens (tertiary/aromatic N) is 3. The minimum Gasteiger partial charge on any atom is -0.494 e. The second kappa shape index (κ2) is 10.6. The van der Waals surface area contributed by atoms with Gasteiger partial charge in [-0.05, 0) is 55.7 Å². The Balaban J connectivity index is 1.32. The summed E-state index contributed by atoms with van der Waals surface area (Å²) in [5.74, 6) is 1.25. The average Bonchev–Trinajstić information content (AvgIpc) is 3.19. The number of anilines is 1. The van der Waals surface area contributed by atoms with Gasteiger partial charge in [0.15, 0.2) is 17.6 Å². The van der Waals surface area contributed by atoms with Gasteiger partial charge >= 0.3 is 0 Å². The highest BCUT2D eigenvalue weighted by Crippen LogP contribution is 2.20. The molecule has 0 bridgehead atoms. The quantitative estimate of drug-likeness (QED) is 0.403. The van der Waals surface area contributed by atoms with E-state index in [2.05, 4.69) is 20.6 Å². The van der Waals surface area contributed by atoms with Gasteiger partial charge in [0.25, 0.3) is 0 Å². The van der Waals surface area contributed by atoms with E-state index >= 15 is 0 Å².